The van der Waals surface area contributed by atoms with Crippen molar-refractivity contribution in [3.05, 3.63) is 154 Å². The molecule has 7 rings (SSSR count). The van der Waals surface area contributed by atoms with Gasteiger partial charge in [-0.3, -0.25) is 14.5 Å². The minimum atomic E-state index is -0.977. The molecule has 6 aromatic rings. The number of anilines is 1. The maximum atomic E-state index is 13.7. The minimum Gasteiger partial charge on any atom is -0.507 e. The molecule has 47 heavy (non-hydrogen) atoms. The number of ketones is 1. The molecule has 0 aliphatic carbocycles. The quantitative estimate of drug-likeness (QED) is 0.0538. The number of amides is 1. The van der Waals surface area contributed by atoms with Crippen LogP contribution in [0.3, 0.4) is 0 Å². The maximum Gasteiger partial charge on any atom is 0.301 e. The first-order valence-corrected chi connectivity index (χ1v) is 16.9. The maximum absolute atomic E-state index is 13.7. The van der Waals surface area contributed by atoms with Crippen LogP contribution in [0.25, 0.3) is 16.5 Å². The fourth-order valence-corrected chi connectivity index (χ4v) is 7.54. The Balaban J connectivity index is 1.24. The Morgan fingerprint density at radius 2 is 1.62 bits per heavy atom. The van der Waals surface area contributed by atoms with Gasteiger partial charge in [0.15, 0.2) is 4.34 Å². The van der Waals surface area contributed by atoms with Gasteiger partial charge in [0.2, 0.25) is 5.13 Å². The van der Waals surface area contributed by atoms with Crippen LogP contribution in [0.5, 0.6) is 5.75 Å². The molecule has 0 radical (unpaired) electrons. The average Bonchev–Trinajstić information content (AvgIpc) is 3.68. The summed E-state index contributed by atoms with van der Waals surface area (Å²) in [5.74, 6) is -0.735. The number of ether oxygens (including phenoxy) is 1. The van der Waals surface area contributed by atoms with E-state index >= 15 is 0 Å². The summed E-state index contributed by atoms with van der Waals surface area (Å²) in [6.07, 6.45) is 0. The van der Waals surface area contributed by atoms with E-state index in [1.807, 2.05) is 54.6 Å². The van der Waals surface area contributed by atoms with Crippen LogP contribution in [-0.2, 0) is 21.9 Å². The topological polar surface area (TPSA) is 92.6 Å². The highest BCUT2D eigenvalue weighted by Crippen LogP contribution is 2.45. The molecule has 5 aromatic carbocycles. The molecule has 1 aliphatic heterocycles. The van der Waals surface area contributed by atoms with Gasteiger partial charge in [-0.2, -0.15) is 0 Å². The molecule has 1 fully saturated rings. The predicted octanol–water partition coefficient (Wildman–Crippen LogP) is 8.84. The van der Waals surface area contributed by atoms with Crippen LogP contribution < -0.4 is 9.64 Å². The van der Waals surface area contributed by atoms with Crippen LogP contribution in [0, 0.1) is 0 Å². The Bertz CT molecular complexity index is 2130. The molecule has 1 aromatic heterocycles. The van der Waals surface area contributed by atoms with E-state index in [0.717, 1.165) is 21.9 Å². The van der Waals surface area contributed by atoms with E-state index in [1.165, 1.54) is 28.0 Å². The van der Waals surface area contributed by atoms with Crippen molar-refractivity contribution in [1.29, 1.82) is 0 Å². The smallest absolute Gasteiger partial charge is 0.301 e. The van der Waals surface area contributed by atoms with Crippen LogP contribution in [0.2, 0.25) is 5.02 Å². The number of Topliss-reactive ketones (excluding diaryl/α,β-unsaturated/α-hetero) is 1. The van der Waals surface area contributed by atoms with Crippen molar-refractivity contribution in [2.24, 2.45) is 0 Å². The molecule has 1 amide bonds. The molecule has 1 aliphatic rings. The van der Waals surface area contributed by atoms with Gasteiger partial charge < -0.3 is 9.84 Å². The fraction of sp³-hybridized carbons (Fsp3) is 0.0811. The number of hydrogen-bond acceptors (Lipinski definition) is 8. The second-order valence-electron chi connectivity index (χ2n) is 10.8. The molecule has 0 bridgehead atoms. The number of nitrogens with zero attached hydrogens (tertiary/aromatic N) is 3. The third-order valence-electron chi connectivity index (χ3n) is 7.82. The SMILES string of the molecule is O=C1C(=O)N(c2nnc(SCc3cccc4ccccc34)s2)C(c2cccc(OCc3ccccc3)c2)/C1=C(\O)c1ccc(Cl)cc1. The van der Waals surface area contributed by atoms with Crippen LogP contribution in [0.1, 0.15) is 28.3 Å². The lowest BCUT2D eigenvalue weighted by Gasteiger charge is -2.23. The molecular formula is C37H26ClN3O4S2. The molecule has 1 saturated heterocycles. The molecule has 1 unspecified atom stereocenters. The molecule has 7 nitrogen and oxygen atoms in total. The summed E-state index contributed by atoms with van der Waals surface area (Å²) in [6.45, 7) is 0.336. The Kier molecular flexibility index (Phi) is 8.76. The third-order valence-corrected chi connectivity index (χ3v) is 10.2. The molecule has 0 saturated carbocycles. The molecule has 10 heteroatoms. The van der Waals surface area contributed by atoms with Crippen LogP contribution >= 0.6 is 34.7 Å². The summed E-state index contributed by atoms with van der Waals surface area (Å²) in [5, 5.41) is 23.3. The highest BCUT2D eigenvalue weighted by Gasteiger charge is 2.48. The Morgan fingerprint density at radius 1 is 0.872 bits per heavy atom. The van der Waals surface area contributed by atoms with Crippen LogP contribution in [0.15, 0.2) is 131 Å². The third kappa shape index (κ3) is 6.38. The van der Waals surface area contributed by atoms with Gasteiger partial charge >= 0.3 is 5.91 Å². The number of aliphatic hydroxyl groups excluding tert-OH is 1. The molecule has 1 atom stereocenters. The van der Waals surface area contributed by atoms with Gasteiger partial charge in [0, 0.05) is 16.3 Å². The van der Waals surface area contributed by atoms with Gasteiger partial charge in [-0.15, -0.1) is 10.2 Å². The van der Waals surface area contributed by atoms with E-state index in [2.05, 4.69) is 34.5 Å². The number of aliphatic hydroxyl groups is 1. The van der Waals surface area contributed by atoms with Crippen molar-refractivity contribution in [3.63, 3.8) is 0 Å². The molecule has 0 spiro atoms. The Hall–Kier alpha value is -4.96. The first kappa shape index (κ1) is 30.7. The largest absolute Gasteiger partial charge is 0.507 e. The standard InChI is InChI=1S/C37H26ClN3O4S2/c38-28-18-16-25(17-19-28)33(42)31-32(26-12-7-14-29(20-26)45-21-23-8-2-1-3-9-23)41(35(44)34(31)43)36-39-40-37(47-36)46-22-27-13-6-11-24-10-4-5-15-30(24)27/h1-20,32,42H,21-22H2/b33-31+. The molecule has 1 N–H and O–H groups in total. The highest BCUT2D eigenvalue weighted by atomic mass is 35.5. The van der Waals surface area contributed by atoms with Gasteiger partial charge in [-0.25, -0.2) is 0 Å². The Labute approximate surface area is 284 Å². The van der Waals surface area contributed by atoms with E-state index in [9.17, 15) is 14.7 Å². The summed E-state index contributed by atoms with van der Waals surface area (Å²) < 4.78 is 6.72. The van der Waals surface area contributed by atoms with Crippen LogP contribution in [0.4, 0.5) is 5.13 Å². The number of carbonyl (C=O) groups is 2. The number of benzene rings is 5. The van der Waals surface area contributed by atoms with Crippen molar-refractivity contribution in [2.45, 2.75) is 22.7 Å². The molecular weight excluding hydrogens is 650 g/mol. The monoisotopic (exact) mass is 675 g/mol. The number of rotatable bonds is 9. The summed E-state index contributed by atoms with van der Waals surface area (Å²) in [6, 6.07) is 36.8. The van der Waals surface area contributed by atoms with E-state index in [4.69, 9.17) is 16.3 Å². The number of fused-ring (bicyclic) bond motifs is 1. The summed E-state index contributed by atoms with van der Waals surface area (Å²) in [5.41, 5.74) is 3.02. The number of carbonyl (C=O) groups excluding carboxylic acids is 2. The highest BCUT2D eigenvalue weighted by molar-refractivity contribution is 8.00. The van der Waals surface area contributed by atoms with E-state index < -0.39 is 17.7 Å². The lowest BCUT2D eigenvalue weighted by Crippen LogP contribution is -2.29. The number of thioether (sulfide) groups is 1. The van der Waals surface area contributed by atoms with E-state index in [-0.39, 0.29) is 16.5 Å². The summed E-state index contributed by atoms with van der Waals surface area (Å²) >= 11 is 8.82. The zero-order valence-electron chi connectivity index (χ0n) is 24.7. The van der Waals surface area contributed by atoms with Gasteiger partial charge in [0.25, 0.3) is 5.78 Å². The van der Waals surface area contributed by atoms with E-state index in [0.29, 0.717) is 38.6 Å². The number of aromatic nitrogens is 2. The number of halogens is 1. The van der Waals surface area contributed by atoms with Crippen LogP contribution in [-0.4, -0.2) is 27.0 Å². The fourth-order valence-electron chi connectivity index (χ4n) is 5.54. The zero-order chi connectivity index (χ0) is 32.3. The van der Waals surface area contributed by atoms with Gasteiger partial charge in [-0.05, 0) is 63.9 Å². The second-order valence-corrected chi connectivity index (χ2v) is 13.4. The first-order chi connectivity index (χ1) is 23.0. The minimum absolute atomic E-state index is 0.0577. The lowest BCUT2D eigenvalue weighted by atomic mass is 9.95. The number of hydrogen-bond donors (Lipinski definition) is 1. The lowest BCUT2D eigenvalue weighted by molar-refractivity contribution is -0.132. The first-order valence-electron chi connectivity index (χ1n) is 14.7. The van der Waals surface area contributed by atoms with Crippen molar-refractivity contribution in [1.82, 2.24) is 10.2 Å². The molecule has 2 heterocycles. The molecule has 232 valence electrons. The second kappa shape index (κ2) is 13.4. The zero-order valence-corrected chi connectivity index (χ0v) is 27.1. The summed E-state index contributed by atoms with van der Waals surface area (Å²) in [4.78, 5) is 28.7. The van der Waals surface area contributed by atoms with Gasteiger partial charge in [0.1, 0.15) is 18.1 Å². The van der Waals surface area contributed by atoms with E-state index in [1.54, 1.807) is 42.5 Å². The predicted molar refractivity (Wildman–Crippen MR) is 187 cm³/mol. The van der Waals surface area contributed by atoms with Crippen molar-refractivity contribution >= 4 is 68.1 Å². The van der Waals surface area contributed by atoms with Gasteiger partial charge in [-0.1, -0.05) is 120 Å². The van der Waals surface area contributed by atoms with Crippen molar-refractivity contribution in [2.75, 3.05) is 4.90 Å². The van der Waals surface area contributed by atoms with Crippen molar-refractivity contribution in [3.8, 4) is 5.75 Å². The normalized spacial score (nSPS) is 15.8. The Morgan fingerprint density at radius 3 is 2.45 bits per heavy atom. The van der Waals surface area contributed by atoms with Gasteiger partial charge in [0.05, 0.1) is 11.6 Å². The van der Waals surface area contributed by atoms with Crippen molar-refractivity contribution < 1.29 is 19.4 Å². The average molecular weight is 676 g/mol. The summed E-state index contributed by atoms with van der Waals surface area (Å²) in [7, 11) is 0.